The summed E-state index contributed by atoms with van der Waals surface area (Å²) in [6.45, 7) is 5.19. The third-order valence-corrected chi connectivity index (χ3v) is 2.86. The van der Waals surface area contributed by atoms with Crippen LogP contribution in [0.3, 0.4) is 0 Å². The van der Waals surface area contributed by atoms with Gasteiger partial charge in [0.05, 0.1) is 18.4 Å². The topological polar surface area (TPSA) is 113 Å². The van der Waals surface area contributed by atoms with E-state index in [-0.39, 0.29) is 11.3 Å². The second kappa shape index (κ2) is 7.15. The van der Waals surface area contributed by atoms with E-state index >= 15 is 0 Å². The molecule has 0 aliphatic rings. The predicted octanol–water partition coefficient (Wildman–Crippen LogP) is 4.52. The number of ether oxygens (including phenoxy) is 2. The van der Waals surface area contributed by atoms with Crippen LogP contribution in [0.25, 0.3) is 10.4 Å². The van der Waals surface area contributed by atoms with E-state index < -0.39 is 17.7 Å². The summed E-state index contributed by atoms with van der Waals surface area (Å²) in [5.74, 6) is -0.698. The number of esters is 1. The summed E-state index contributed by atoms with van der Waals surface area (Å²) in [6, 6.07) is 2.82. The number of carbonyl (C=O) groups excluding carboxylic acids is 2. The van der Waals surface area contributed by atoms with Crippen LogP contribution in [0.5, 0.6) is 0 Å². The normalized spacial score (nSPS) is 10.4. The minimum Gasteiger partial charge on any atom is -0.465 e. The Morgan fingerprint density at radius 2 is 2.00 bits per heavy atom. The zero-order valence-electron chi connectivity index (χ0n) is 12.5. The van der Waals surface area contributed by atoms with E-state index in [1.54, 1.807) is 20.8 Å². The van der Waals surface area contributed by atoms with E-state index in [9.17, 15) is 9.59 Å². The number of nitrogens with zero attached hydrogens (tertiary/aromatic N) is 3. The van der Waals surface area contributed by atoms with E-state index in [0.717, 1.165) is 0 Å². The maximum Gasteiger partial charge on any atom is 0.412 e. The first kappa shape index (κ1) is 17.8. The quantitative estimate of drug-likeness (QED) is 0.364. The van der Waals surface area contributed by atoms with Gasteiger partial charge in [0.1, 0.15) is 5.60 Å². The fourth-order valence-corrected chi connectivity index (χ4v) is 2.04. The van der Waals surface area contributed by atoms with Crippen LogP contribution in [0.2, 0.25) is 0 Å². The van der Waals surface area contributed by atoms with Crippen LogP contribution in [0.4, 0.5) is 16.2 Å². The fraction of sp³-hybridized carbons (Fsp3) is 0.385. The zero-order valence-corrected chi connectivity index (χ0v) is 14.1. The summed E-state index contributed by atoms with van der Waals surface area (Å²) in [4.78, 5) is 26.2. The van der Waals surface area contributed by atoms with E-state index in [2.05, 4.69) is 36.0 Å². The van der Waals surface area contributed by atoms with Crippen LogP contribution >= 0.6 is 15.9 Å². The highest BCUT2D eigenvalue weighted by Gasteiger charge is 2.19. The molecule has 0 saturated heterocycles. The van der Waals surface area contributed by atoms with Crippen molar-refractivity contribution in [2.75, 3.05) is 12.4 Å². The number of amides is 1. The molecule has 1 aromatic carbocycles. The number of halogens is 1. The number of anilines is 1. The number of rotatable bonds is 3. The van der Waals surface area contributed by atoms with Crippen LogP contribution < -0.4 is 5.32 Å². The molecule has 0 atom stereocenters. The Labute approximate surface area is 135 Å². The lowest BCUT2D eigenvalue weighted by atomic mass is 10.1. The Balaban J connectivity index is 3.18. The predicted molar refractivity (Wildman–Crippen MR) is 84.1 cm³/mol. The Bertz CT molecular complexity index is 648. The SMILES string of the molecule is COC(=O)c1cc(NC(=O)OC(C)(C)C)cc(Br)c1N=[N+]=[N-]. The summed E-state index contributed by atoms with van der Waals surface area (Å²) in [5.41, 5.74) is 8.28. The summed E-state index contributed by atoms with van der Waals surface area (Å²) in [6.07, 6.45) is -0.674. The van der Waals surface area contributed by atoms with Gasteiger partial charge < -0.3 is 9.47 Å². The van der Waals surface area contributed by atoms with Gasteiger partial charge in [-0.2, -0.15) is 0 Å². The monoisotopic (exact) mass is 370 g/mol. The number of benzene rings is 1. The number of nitrogens with one attached hydrogen (secondary N) is 1. The van der Waals surface area contributed by atoms with Gasteiger partial charge in [0.2, 0.25) is 0 Å². The highest BCUT2D eigenvalue weighted by molar-refractivity contribution is 9.10. The fourth-order valence-electron chi connectivity index (χ4n) is 1.50. The van der Waals surface area contributed by atoms with Crippen molar-refractivity contribution in [1.82, 2.24) is 0 Å². The molecule has 0 bridgehead atoms. The van der Waals surface area contributed by atoms with Gasteiger partial charge in [0.25, 0.3) is 0 Å². The van der Waals surface area contributed by atoms with Crippen molar-refractivity contribution < 1.29 is 19.1 Å². The molecule has 0 aromatic heterocycles. The molecule has 1 N–H and O–H groups in total. The van der Waals surface area contributed by atoms with Crippen LogP contribution in [-0.4, -0.2) is 24.8 Å². The van der Waals surface area contributed by atoms with Crippen molar-refractivity contribution in [2.24, 2.45) is 5.11 Å². The van der Waals surface area contributed by atoms with Crippen molar-refractivity contribution in [2.45, 2.75) is 26.4 Å². The average molecular weight is 371 g/mol. The van der Waals surface area contributed by atoms with E-state index in [4.69, 9.17) is 10.3 Å². The molecule has 118 valence electrons. The maximum absolute atomic E-state index is 11.8. The molecule has 0 fully saturated rings. The summed E-state index contributed by atoms with van der Waals surface area (Å²) in [7, 11) is 1.20. The van der Waals surface area contributed by atoms with Crippen LogP contribution in [0.1, 0.15) is 31.1 Å². The van der Waals surface area contributed by atoms with E-state index in [1.165, 1.54) is 19.2 Å². The van der Waals surface area contributed by atoms with Gasteiger partial charge in [-0.3, -0.25) is 5.32 Å². The molecular weight excluding hydrogens is 356 g/mol. The second-order valence-corrected chi connectivity index (χ2v) is 6.02. The van der Waals surface area contributed by atoms with Gasteiger partial charge in [-0.05, 0) is 38.4 Å². The number of hydrogen-bond acceptors (Lipinski definition) is 5. The Morgan fingerprint density at radius 3 is 2.50 bits per heavy atom. The number of azide groups is 1. The summed E-state index contributed by atoms with van der Waals surface area (Å²) >= 11 is 3.18. The Morgan fingerprint density at radius 1 is 1.36 bits per heavy atom. The second-order valence-electron chi connectivity index (χ2n) is 5.16. The molecule has 0 saturated carbocycles. The van der Waals surface area contributed by atoms with Crippen LogP contribution in [0.15, 0.2) is 21.7 Å². The van der Waals surface area contributed by atoms with Crippen molar-refractivity contribution in [3.05, 3.63) is 32.6 Å². The first-order valence-corrected chi connectivity index (χ1v) is 6.94. The molecule has 22 heavy (non-hydrogen) atoms. The third-order valence-electron chi connectivity index (χ3n) is 2.26. The molecule has 8 nitrogen and oxygen atoms in total. The molecular formula is C13H15BrN4O4. The highest BCUT2D eigenvalue weighted by atomic mass is 79.9. The molecule has 0 spiro atoms. The smallest absolute Gasteiger partial charge is 0.412 e. The van der Waals surface area contributed by atoms with Gasteiger partial charge >= 0.3 is 12.1 Å². The number of hydrogen-bond donors (Lipinski definition) is 1. The first-order valence-electron chi connectivity index (χ1n) is 6.15. The van der Waals surface area contributed by atoms with Crippen LogP contribution in [0, 0.1) is 0 Å². The van der Waals surface area contributed by atoms with Gasteiger partial charge in [-0.25, -0.2) is 9.59 Å². The lowest BCUT2D eigenvalue weighted by Gasteiger charge is -2.20. The molecule has 0 aliphatic heterocycles. The molecule has 1 amide bonds. The Hall–Kier alpha value is -2.25. The van der Waals surface area contributed by atoms with Crippen molar-refractivity contribution in [3.63, 3.8) is 0 Å². The molecule has 1 aromatic rings. The minimum absolute atomic E-state index is 0.0146. The lowest BCUT2D eigenvalue weighted by molar-refractivity contribution is 0.0597. The first-order chi connectivity index (χ1) is 10.2. The molecule has 0 aliphatic carbocycles. The summed E-state index contributed by atoms with van der Waals surface area (Å²) < 4.78 is 10.1. The highest BCUT2D eigenvalue weighted by Crippen LogP contribution is 2.34. The molecule has 1 rings (SSSR count). The van der Waals surface area contributed by atoms with E-state index in [0.29, 0.717) is 10.2 Å². The minimum atomic E-state index is -0.698. The van der Waals surface area contributed by atoms with E-state index in [1.807, 2.05) is 0 Å². The molecule has 0 heterocycles. The standard InChI is InChI=1S/C13H15BrN4O4/c1-13(2,3)22-12(20)16-7-5-8(11(19)21-4)10(17-18-15)9(14)6-7/h5-6H,1-4H3,(H,16,20). The third kappa shape index (κ3) is 4.94. The van der Waals surface area contributed by atoms with Crippen molar-refractivity contribution >= 4 is 39.4 Å². The maximum atomic E-state index is 11.8. The molecule has 0 radical (unpaired) electrons. The van der Waals surface area contributed by atoms with Gasteiger partial charge in [-0.1, -0.05) is 21.0 Å². The largest absolute Gasteiger partial charge is 0.465 e. The van der Waals surface area contributed by atoms with Gasteiger partial charge in [0.15, 0.2) is 0 Å². The van der Waals surface area contributed by atoms with Crippen molar-refractivity contribution in [3.8, 4) is 0 Å². The lowest BCUT2D eigenvalue weighted by Crippen LogP contribution is -2.27. The van der Waals surface area contributed by atoms with Gasteiger partial charge in [0, 0.05) is 15.1 Å². The Kier molecular flexibility index (Phi) is 5.78. The van der Waals surface area contributed by atoms with Crippen LogP contribution in [-0.2, 0) is 9.47 Å². The van der Waals surface area contributed by atoms with Gasteiger partial charge in [-0.15, -0.1) is 0 Å². The summed E-state index contributed by atoms with van der Waals surface area (Å²) in [5, 5.41) is 5.94. The zero-order chi connectivity index (χ0) is 16.9. The number of carbonyl (C=O) groups is 2. The number of methoxy groups -OCH3 is 1. The molecule has 9 heteroatoms. The molecule has 0 unspecified atom stereocenters. The van der Waals surface area contributed by atoms with Crippen molar-refractivity contribution in [1.29, 1.82) is 0 Å². The average Bonchev–Trinajstić information content (AvgIpc) is 2.38.